The van der Waals surface area contributed by atoms with Gasteiger partial charge in [-0.2, -0.15) is 0 Å². The van der Waals surface area contributed by atoms with Crippen molar-refractivity contribution in [1.29, 1.82) is 0 Å². The lowest BCUT2D eigenvalue weighted by atomic mass is 10.0. The van der Waals surface area contributed by atoms with Gasteiger partial charge in [-0.3, -0.25) is 0 Å². The third-order valence-electron chi connectivity index (χ3n) is 9.84. The smallest absolute Gasteiger partial charge is 0.159 e. The number of para-hydroxylation sites is 3. The standard InChI is InChI=1S/C48H32N2OS/c1-4-14-33(15-5-1)34-26-28-37(29-27-34)49(35-16-6-2-7-17-35)42-22-13-24-44-47(42)41-21-12-23-43(48(41)51-44)50(36-18-8-3-9-19-36)38-30-31-40-39-20-10-11-25-45(39)52-46(40)32-38/h1-32H. The maximum atomic E-state index is 6.92. The number of nitrogens with zero attached hydrogens (tertiary/aromatic N) is 2. The Morgan fingerprint density at radius 1 is 0.365 bits per heavy atom. The van der Waals surface area contributed by atoms with E-state index in [4.69, 9.17) is 4.42 Å². The highest BCUT2D eigenvalue weighted by Gasteiger charge is 2.23. The molecule has 10 rings (SSSR count). The molecule has 0 fully saturated rings. The summed E-state index contributed by atoms with van der Waals surface area (Å²) in [7, 11) is 0. The zero-order valence-electron chi connectivity index (χ0n) is 28.2. The Morgan fingerprint density at radius 3 is 1.65 bits per heavy atom. The van der Waals surface area contributed by atoms with E-state index in [1.807, 2.05) is 11.3 Å². The van der Waals surface area contributed by atoms with Crippen LogP contribution in [-0.4, -0.2) is 0 Å². The maximum Gasteiger partial charge on any atom is 0.159 e. The number of thiophene rings is 1. The molecule has 2 heterocycles. The van der Waals surface area contributed by atoms with Crippen LogP contribution in [0.3, 0.4) is 0 Å². The number of fused-ring (bicyclic) bond motifs is 6. The summed E-state index contributed by atoms with van der Waals surface area (Å²) in [4.78, 5) is 4.66. The zero-order valence-corrected chi connectivity index (χ0v) is 29.0. The molecular weight excluding hydrogens is 653 g/mol. The molecule has 0 N–H and O–H groups in total. The van der Waals surface area contributed by atoms with E-state index in [0.717, 1.165) is 56.1 Å². The summed E-state index contributed by atoms with van der Waals surface area (Å²) in [5, 5.41) is 4.71. The second-order valence-electron chi connectivity index (χ2n) is 12.9. The van der Waals surface area contributed by atoms with E-state index in [2.05, 4.69) is 204 Å². The molecule has 0 saturated heterocycles. The maximum absolute atomic E-state index is 6.92. The van der Waals surface area contributed by atoms with Gasteiger partial charge in [-0.15, -0.1) is 11.3 Å². The van der Waals surface area contributed by atoms with Gasteiger partial charge >= 0.3 is 0 Å². The highest BCUT2D eigenvalue weighted by Crippen LogP contribution is 2.48. The molecule has 2 aromatic heterocycles. The second kappa shape index (κ2) is 12.6. The SMILES string of the molecule is c1ccc(-c2ccc(N(c3ccccc3)c3cccc4oc5c(N(c6ccccc6)c6ccc7c(c6)sc6ccccc67)cccc5c34)cc2)cc1. The predicted octanol–water partition coefficient (Wildman–Crippen LogP) is 14.6. The van der Waals surface area contributed by atoms with Gasteiger partial charge in [-0.25, -0.2) is 0 Å². The number of rotatable bonds is 7. The zero-order chi connectivity index (χ0) is 34.4. The fraction of sp³-hybridized carbons (Fsp3) is 0. The van der Waals surface area contributed by atoms with Crippen LogP contribution < -0.4 is 9.80 Å². The third-order valence-corrected chi connectivity index (χ3v) is 11.0. The fourth-order valence-corrected chi connectivity index (χ4v) is 8.61. The second-order valence-corrected chi connectivity index (χ2v) is 14.0. The summed E-state index contributed by atoms with van der Waals surface area (Å²) < 4.78 is 9.47. The number of hydrogen-bond donors (Lipinski definition) is 0. The Bertz CT molecular complexity index is 2840. The molecule has 0 radical (unpaired) electrons. The van der Waals surface area contributed by atoms with Gasteiger partial charge < -0.3 is 14.2 Å². The highest BCUT2D eigenvalue weighted by atomic mass is 32.1. The lowest BCUT2D eigenvalue weighted by molar-refractivity contribution is 0.669. The van der Waals surface area contributed by atoms with E-state index in [1.54, 1.807) is 0 Å². The normalized spacial score (nSPS) is 11.5. The van der Waals surface area contributed by atoms with Gasteiger partial charge in [0.2, 0.25) is 0 Å². The monoisotopic (exact) mass is 684 g/mol. The van der Waals surface area contributed by atoms with Crippen molar-refractivity contribution >= 4 is 87.6 Å². The van der Waals surface area contributed by atoms with Crippen molar-refractivity contribution in [2.24, 2.45) is 0 Å². The Morgan fingerprint density at radius 2 is 0.904 bits per heavy atom. The minimum atomic E-state index is 0.842. The van der Waals surface area contributed by atoms with Crippen molar-refractivity contribution in [3.05, 3.63) is 194 Å². The molecule has 4 heteroatoms. The third kappa shape index (κ3) is 5.12. The van der Waals surface area contributed by atoms with Crippen molar-refractivity contribution in [3.8, 4) is 11.1 Å². The molecule has 52 heavy (non-hydrogen) atoms. The minimum absolute atomic E-state index is 0.842. The van der Waals surface area contributed by atoms with Gasteiger partial charge in [-0.1, -0.05) is 121 Å². The Kier molecular flexibility index (Phi) is 7.33. The highest BCUT2D eigenvalue weighted by molar-refractivity contribution is 7.25. The Hall–Kier alpha value is -6.62. The van der Waals surface area contributed by atoms with Gasteiger partial charge in [-0.05, 0) is 83.9 Å². The predicted molar refractivity (Wildman–Crippen MR) is 221 cm³/mol. The molecule has 0 bridgehead atoms. The molecule has 0 unspecified atom stereocenters. The van der Waals surface area contributed by atoms with Crippen molar-refractivity contribution in [2.45, 2.75) is 0 Å². The van der Waals surface area contributed by atoms with Gasteiger partial charge in [0.05, 0.1) is 16.8 Å². The summed E-state index contributed by atoms with van der Waals surface area (Å²) in [5.41, 5.74) is 10.4. The first-order valence-corrected chi connectivity index (χ1v) is 18.3. The topological polar surface area (TPSA) is 19.6 Å². The van der Waals surface area contributed by atoms with E-state index >= 15 is 0 Å². The van der Waals surface area contributed by atoms with E-state index in [0.29, 0.717) is 0 Å². The largest absolute Gasteiger partial charge is 0.454 e. The van der Waals surface area contributed by atoms with Crippen LogP contribution in [0.2, 0.25) is 0 Å². The molecule has 0 aliphatic rings. The Labute approximate surface area is 305 Å². The quantitative estimate of drug-likeness (QED) is 0.167. The average molecular weight is 685 g/mol. The van der Waals surface area contributed by atoms with E-state index in [1.165, 1.54) is 31.3 Å². The van der Waals surface area contributed by atoms with Crippen LogP contribution in [0.5, 0.6) is 0 Å². The molecule has 0 atom stereocenters. The summed E-state index contributed by atoms with van der Waals surface area (Å²) in [5.74, 6) is 0. The van der Waals surface area contributed by atoms with Gasteiger partial charge in [0, 0.05) is 48.3 Å². The molecule has 10 aromatic rings. The molecule has 0 aliphatic carbocycles. The van der Waals surface area contributed by atoms with Crippen LogP contribution in [0.1, 0.15) is 0 Å². The van der Waals surface area contributed by atoms with Gasteiger partial charge in [0.1, 0.15) is 5.58 Å². The molecule has 0 amide bonds. The minimum Gasteiger partial charge on any atom is -0.454 e. The molecular formula is C48H32N2OS. The molecule has 0 spiro atoms. The number of hydrogen-bond acceptors (Lipinski definition) is 4. The summed E-state index contributed by atoms with van der Waals surface area (Å²) in [6.07, 6.45) is 0. The molecule has 8 aromatic carbocycles. The molecule has 0 aliphatic heterocycles. The van der Waals surface area contributed by atoms with Crippen molar-refractivity contribution in [2.75, 3.05) is 9.80 Å². The van der Waals surface area contributed by atoms with Crippen LogP contribution in [0.25, 0.3) is 53.2 Å². The molecule has 3 nitrogen and oxygen atoms in total. The van der Waals surface area contributed by atoms with E-state index < -0.39 is 0 Å². The van der Waals surface area contributed by atoms with Crippen LogP contribution in [0.4, 0.5) is 34.1 Å². The van der Waals surface area contributed by atoms with E-state index in [9.17, 15) is 0 Å². The van der Waals surface area contributed by atoms with Crippen molar-refractivity contribution in [3.63, 3.8) is 0 Å². The summed E-state index contributed by atoms with van der Waals surface area (Å²) in [6, 6.07) is 68.9. The molecule has 246 valence electrons. The van der Waals surface area contributed by atoms with Crippen LogP contribution in [-0.2, 0) is 0 Å². The van der Waals surface area contributed by atoms with Gasteiger partial charge in [0.15, 0.2) is 5.58 Å². The molecule has 0 saturated carbocycles. The van der Waals surface area contributed by atoms with Crippen LogP contribution in [0.15, 0.2) is 199 Å². The fourth-order valence-electron chi connectivity index (χ4n) is 7.47. The average Bonchev–Trinajstić information content (AvgIpc) is 3.79. The van der Waals surface area contributed by atoms with Crippen LogP contribution in [0, 0.1) is 0 Å². The number of furan rings is 1. The van der Waals surface area contributed by atoms with E-state index in [-0.39, 0.29) is 0 Å². The first-order valence-electron chi connectivity index (χ1n) is 17.5. The number of benzene rings is 8. The number of anilines is 6. The lowest BCUT2D eigenvalue weighted by Crippen LogP contribution is -2.10. The van der Waals surface area contributed by atoms with Crippen LogP contribution >= 0.6 is 11.3 Å². The lowest BCUT2D eigenvalue weighted by Gasteiger charge is -2.26. The first-order chi connectivity index (χ1) is 25.8. The van der Waals surface area contributed by atoms with Crippen molar-refractivity contribution < 1.29 is 4.42 Å². The first kappa shape index (κ1) is 30.2. The van der Waals surface area contributed by atoms with Gasteiger partial charge in [0.25, 0.3) is 0 Å². The van der Waals surface area contributed by atoms with Crippen molar-refractivity contribution in [1.82, 2.24) is 0 Å². The summed E-state index contributed by atoms with van der Waals surface area (Å²) >= 11 is 1.84. The Balaban J connectivity index is 1.16. The summed E-state index contributed by atoms with van der Waals surface area (Å²) in [6.45, 7) is 0.